The van der Waals surface area contributed by atoms with Gasteiger partial charge in [0, 0.05) is 31.1 Å². The Labute approximate surface area is 100 Å². The molecule has 1 heteroatoms. The number of rotatable bonds is 0. The van der Waals surface area contributed by atoms with Crippen LogP contribution >= 0.6 is 0 Å². The molecule has 0 heterocycles. The van der Waals surface area contributed by atoms with Crippen LogP contribution in [0.25, 0.3) is 0 Å². The summed E-state index contributed by atoms with van der Waals surface area (Å²) >= 11 is 0. The standard InChI is InChI=1S/C10H14.CH3.U/c1-7-5-6-8(2)10(4)9(7)3;;/h5-6H,1-4H3;1H3;/q;-1;. The van der Waals surface area contributed by atoms with Gasteiger partial charge in [-0.25, -0.2) is 0 Å². The molecular weight excluding hydrogens is 370 g/mol. The summed E-state index contributed by atoms with van der Waals surface area (Å²) in [6.07, 6.45) is 0. The van der Waals surface area contributed by atoms with E-state index in [4.69, 9.17) is 0 Å². The summed E-state index contributed by atoms with van der Waals surface area (Å²) in [5.41, 5.74) is 5.64. The molecule has 0 nitrogen and oxygen atoms in total. The summed E-state index contributed by atoms with van der Waals surface area (Å²) in [4.78, 5) is 0. The van der Waals surface area contributed by atoms with E-state index in [-0.39, 0.29) is 38.5 Å². The van der Waals surface area contributed by atoms with Crippen molar-refractivity contribution in [3.05, 3.63) is 41.8 Å². The van der Waals surface area contributed by atoms with E-state index >= 15 is 0 Å². The maximum absolute atomic E-state index is 2.18. The second kappa shape index (κ2) is 5.84. The first-order valence-corrected chi connectivity index (χ1v) is 3.66. The van der Waals surface area contributed by atoms with Gasteiger partial charge in [-0.05, 0) is 49.9 Å². The normalized spacial score (nSPS) is 8.33. The van der Waals surface area contributed by atoms with Crippen molar-refractivity contribution in [1.29, 1.82) is 0 Å². The van der Waals surface area contributed by atoms with E-state index < -0.39 is 0 Å². The number of aryl methyl sites for hydroxylation is 2. The van der Waals surface area contributed by atoms with Gasteiger partial charge in [0.05, 0.1) is 0 Å². The Hall–Kier alpha value is 0.272. The third kappa shape index (κ3) is 2.96. The van der Waals surface area contributed by atoms with Gasteiger partial charge in [0.2, 0.25) is 0 Å². The number of hydrogen-bond acceptors (Lipinski definition) is 0. The van der Waals surface area contributed by atoms with Gasteiger partial charge in [-0.3, -0.25) is 0 Å². The minimum atomic E-state index is 0. The van der Waals surface area contributed by atoms with Crippen LogP contribution in [0.5, 0.6) is 0 Å². The van der Waals surface area contributed by atoms with Crippen molar-refractivity contribution >= 4 is 0 Å². The fourth-order valence-electron chi connectivity index (χ4n) is 1.09. The van der Waals surface area contributed by atoms with Crippen molar-refractivity contribution in [2.24, 2.45) is 0 Å². The van der Waals surface area contributed by atoms with Crippen LogP contribution in [0.3, 0.4) is 0 Å². The summed E-state index contributed by atoms with van der Waals surface area (Å²) in [6, 6.07) is 4.36. The fourth-order valence-corrected chi connectivity index (χ4v) is 1.09. The molecule has 0 aliphatic carbocycles. The monoisotopic (exact) mass is 387 g/mol. The topological polar surface area (TPSA) is 0 Å². The van der Waals surface area contributed by atoms with E-state index in [1.165, 1.54) is 22.3 Å². The molecule has 1 rings (SSSR count). The quantitative estimate of drug-likeness (QED) is 0.599. The molecule has 66 valence electrons. The maximum Gasteiger partial charge on any atom is 0 e. The maximum atomic E-state index is 2.18. The second-order valence-electron chi connectivity index (χ2n) is 2.95. The van der Waals surface area contributed by atoms with Gasteiger partial charge in [-0.1, -0.05) is 12.1 Å². The average molecular weight is 387 g/mol. The van der Waals surface area contributed by atoms with E-state index in [2.05, 4.69) is 39.8 Å². The van der Waals surface area contributed by atoms with Gasteiger partial charge in [0.1, 0.15) is 0 Å². The average Bonchev–Trinajstić information content (AvgIpc) is 1.93. The molecule has 0 fully saturated rings. The molecule has 0 bridgehead atoms. The van der Waals surface area contributed by atoms with E-state index in [0.29, 0.717) is 0 Å². The van der Waals surface area contributed by atoms with Crippen LogP contribution in [-0.4, -0.2) is 0 Å². The Morgan fingerprint density at radius 2 is 1.00 bits per heavy atom. The van der Waals surface area contributed by atoms with Crippen LogP contribution in [0.15, 0.2) is 12.1 Å². The molecule has 0 amide bonds. The summed E-state index contributed by atoms with van der Waals surface area (Å²) in [5.74, 6) is 0. The van der Waals surface area contributed by atoms with E-state index in [9.17, 15) is 0 Å². The Morgan fingerprint density at radius 1 is 0.750 bits per heavy atom. The molecule has 1 aromatic rings. The largest absolute Gasteiger partial charge is 0.358 e. The summed E-state index contributed by atoms with van der Waals surface area (Å²) in [6.45, 7) is 8.67. The first kappa shape index (κ1) is 14.8. The SMILES string of the molecule is Cc1ccc(C)c(C)c1C.[CH3-].[U]. The van der Waals surface area contributed by atoms with Crippen LogP contribution in [0.4, 0.5) is 0 Å². The zero-order valence-electron chi connectivity index (χ0n) is 8.65. The fraction of sp³-hybridized carbons (Fsp3) is 0.364. The predicted octanol–water partition coefficient (Wildman–Crippen LogP) is 3.37. The first-order chi connectivity index (χ1) is 4.63. The summed E-state index contributed by atoms with van der Waals surface area (Å²) < 4.78 is 0. The first-order valence-electron chi connectivity index (χ1n) is 3.66. The van der Waals surface area contributed by atoms with Crippen LogP contribution in [0.1, 0.15) is 22.3 Å². The zero-order valence-corrected chi connectivity index (χ0v) is 12.8. The predicted molar refractivity (Wildman–Crippen MR) is 51.8 cm³/mol. The van der Waals surface area contributed by atoms with Gasteiger partial charge >= 0.3 is 0 Å². The molecule has 0 aliphatic rings. The zero-order chi connectivity index (χ0) is 7.72. The van der Waals surface area contributed by atoms with Crippen LogP contribution < -0.4 is 0 Å². The van der Waals surface area contributed by atoms with Crippen molar-refractivity contribution in [2.45, 2.75) is 27.7 Å². The van der Waals surface area contributed by atoms with Crippen molar-refractivity contribution in [2.75, 3.05) is 0 Å². The molecule has 0 atom stereocenters. The molecule has 0 aromatic heterocycles. The van der Waals surface area contributed by atoms with Crippen molar-refractivity contribution in [1.82, 2.24) is 0 Å². The molecule has 1 aromatic carbocycles. The molecule has 0 saturated carbocycles. The third-order valence-electron chi connectivity index (χ3n) is 2.33. The van der Waals surface area contributed by atoms with E-state index in [1.807, 2.05) is 0 Å². The molecule has 0 unspecified atom stereocenters. The number of hydrogen-bond donors (Lipinski definition) is 0. The molecule has 12 heavy (non-hydrogen) atoms. The van der Waals surface area contributed by atoms with Gasteiger partial charge in [-0.2, -0.15) is 0 Å². The van der Waals surface area contributed by atoms with Crippen LogP contribution in [0.2, 0.25) is 0 Å². The summed E-state index contributed by atoms with van der Waals surface area (Å²) in [5, 5.41) is 0. The van der Waals surface area contributed by atoms with Gasteiger partial charge in [0.25, 0.3) is 0 Å². The Morgan fingerprint density at radius 3 is 1.25 bits per heavy atom. The molecule has 0 radical (unpaired) electrons. The van der Waals surface area contributed by atoms with Gasteiger partial charge < -0.3 is 7.43 Å². The Bertz CT molecular complexity index is 224. The third-order valence-corrected chi connectivity index (χ3v) is 2.33. The second-order valence-corrected chi connectivity index (χ2v) is 2.95. The Kier molecular flexibility index (Phi) is 7.19. The van der Waals surface area contributed by atoms with Crippen molar-refractivity contribution < 1.29 is 31.1 Å². The summed E-state index contributed by atoms with van der Waals surface area (Å²) in [7, 11) is 0. The molecule has 0 aliphatic heterocycles. The molecule has 0 spiro atoms. The molecular formula is C11H17U-. The van der Waals surface area contributed by atoms with Crippen molar-refractivity contribution in [3.63, 3.8) is 0 Å². The minimum absolute atomic E-state index is 0. The van der Waals surface area contributed by atoms with Gasteiger partial charge in [-0.15, -0.1) is 0 Å². The van der Waals surface area contributed by atoms with Gasteiger partial charge in [0.15, 0.2) is 0 Å². The van der Waals surface area contributed by atoms with E-state index in [0.717, 1.165) is 0 Å². The van der Waals surface area contributed by atoms with Crippen LogP contribution in [0, 0.1) is 66.2 Å². The van der Waals surface area contributed by atoms with E-state index in [1.54, 1.807) is 0 Å². The number of benzene rings is 1. The molecule has 0 N–H and O–H groups in total. The van der Waals surface area contributed by atoms with Crippen molar-refractivity contribution in [3.8, 4) is 0 Å². The van der Waals surface area contributed by atoms with Crippen LogP contribution in [-0.2, 0) is 0 Å². The molecule has 0 saturated heterocycles. The smallest absolute Gasteiger partial charge is 0 e. The Balaban J connectivity index is 0. The minimum Gasteiger partial charge on any atom is -0.358 e.